The molecule has 0 bridgehead atoms. The van der Waals surface area contributed by atoms with Gasteiger partial charge in [-0.05, 0) is 37.0 Å². The van der Waals surface area contributed by atoms with Crippen molar-refractivity contribution in [1.82, 2.24) is 9.97 Å². The van der Waals surface area contributed by atoms with Gasteiger partial charge in [0.2, 0.25) is 11.6 Å². The summed E-state index contributed by atoms with van der Waals surface area (Å²) in [7, 11) is 0. The number of nitro groups is 1. The Kier molecular flexibility index (Phi) is 5.60. The molecule has 26 heavy (non-hydrogen) atoms. The Balaban J connectivity index is 1.86. The zero-order valence-electron chi connectivity index (χ0n) is 14.7. The standard InChI is InChI=1S/C18H22FN5O2/c1-2-4-13-7-9-23(10-8-13)18-16(24(25)26)17(20-12-21-18)22-15-6-3-5-14(19)11-15/h3,5-6,11-13H,2,4,7-10H2,1H3,(H,20,21,22). The van der Waals surface area contributed by atoms with Crippen LogP contribution in [-0.4, -0.2) is 28.0 Å². The molecular formula is C18H22FN5O2. The van der Waals surface area contributed by atoms with E-state index in [1.165, 1.54) is 30.9 Å². The lowest BCUT2D eigenvalue weighted by Crippen LogP contribution is -2.34. The Morgan fingerprint density at radius 1 is 1.35 bits per heavy atom. The molecule has 1 aromatic carbocycles. The highest BCUT2D eigenvalue weighted by atomic mass is 19.1. The molecule has 3 rings (SSSR count). The molecule has 0 amide bonds. The van der Waals surface area contributed by atoms with Gasteiger partial charge in [0.25, 0.3) is 0 Å². The third-order valence-corrected chi connectivity index (χ3v) is 4.68. The highest BCUT2D eigenvalue weighted by Crippen LogP contribution is 2.35. The van der Waals surface area contributed by atoms with E-state index in [2.05, 4.69) is 22.2 Å². The highest BCUT2D eigenvalue weighted by Gasteiger charge is 2.29. The lowest BCUT2D eigenvalue weighted by atomic mass is 9.92. The minimum absolute atomic E-state index is 0.0706. The molecule has 1 saturated heterocycles. The minimum atomic E-state index is -0.477. The van der Waals surface area contributed by atoms with E-state index in [1.807, 2.05) is 4.90 Å². The first-order chi connectivity index (χ1) is 12.6. The molecule has 1 aliphatic rings. The van der Waals surface area contributed by atoms with Crippen LogP contribution in [0, 0.1) is 21.8 Å². The van der Waals surface area contributed by atoms with E-state index in [-0.39, 0.29) is 11.5 Å². The van der Waals surface area contributed by atoms with E-state index in [4.69, 9.17) is 0 Å². The third-order valence-electron chi connectivity index (χ3n) is 4.68. The monoisotopic (exact) mass is 359 g/mol. The van der Waals surface area contributed by atoms with Crippen LogP contribution in [0.4, 0.5) is 27.4 Å². The van der Waals surface area contributed by atoms with Gasteiger partial charge in [0.15, 0.2) is 0 Å². The van der Waals surface area contributed by atoms with Crippen LogP contribution in [0.2, 0.25) is 0 Å². The zero-order chi connectivity index (χ0) is 18.5. The van der Waals surface area contributed by atoms with Gasteiger partial charge in [-0.15, -0.1) is 0 Å². The first-order valence-corrected chi connectivity index (χ1v) is 8.85. The molecule has 0 spiro atoms. The number of nitrogens with zero attached hydrogens (tertiary/aromatic N) is 4. The molecule has 8 heteroatoms. The summed E-state index contributed by atoms with van der Waals surface area (Å²) in [6.45, 7) is 3.65. The molecule has 0 saturated carbocycles. The fraction of sp³-hybridized carbons (Fsp3) is 0.444. The van der Waals surface area contributed by atoms with Gasteiger partial charge in [-0.1, -0.05) is 25.8 Å². The Morgan fingerprint density at radius 3 is 2.77 bits per heavy atom. The van der Waals surface area contributed by atoms with Gasteiger partial charge >= 0.3 is 5.69 Å². The van der Waals surface area contributed by atoms with Crippen LogP contribution in [-0.2, 0) is 0 Å². The van der Waals surface area contributed by atoms with Crippen molar-refractivity contribution in [2.75, 3.05) is 23.3 Å². The van der Waals surface area contributed by atoms with E-state index >= 15 is 0 Å². The van der Waals surface area contributed by atoms with Gasteiger partial charge in [0, 0.05) is 18.8 Å². The second-order valence-corrected chi connectivity index (χ2v) is 6.51. The van der Waals surface area contributed by atoms with Crippen molar-refractivity contribution in [2.45, 2.75) is 32.6 Å². The van der Waals surface area contributed by atoms with Gasteiger partial charge in [-0.2, -0.15) is 0 Å². The van der Waals surface area contributed by atoms with Crippen LogP contribution >= 0.6 is 0 Å². The average Bonchev–Trinajstić information content (AvgIpc) is 2.62. The summed E-state index contributed by atoms with van der Waals surface area (Å²) < 4.78 is 13.4. The van der Waals surface area contributed by atoms with Crippen LogP contribution in [0.3, 0.4) is 0 Å². The van der Waals surface area contributed by atoms with Crippen molar-refractivity contribution < 1.29 is 9.31 Å². The number of benzene rings is 1. The molecule has 1 aliphatic heterocycles. The number of piperidine rings is 1. The lowest BCUT2D eigenvalue weighted by Gasteiger charge is -2.32. The molecular weight excluding hydrogens is 337 g/mol. The average molecular weight is 359 g/mol. The summed E-state index contributed by atoms with van der Waals surface area (Å²) >= 11 is 0. The van der Waals surface area contributed by atoms with Crippen LogP contribution in [0.25, 0.3) is 0 Å². The number of hydrogen-bond donors (Lipinski definition) is 1. The first kappa shape index (κ1) is 18.0. The summed E-state index contributed by atoms with van der Waals surface area (Å²) in [5, 5.41) is 14.5. The van der Waals surface area contributed by atoms with Crippen molar-refractivity contribution in [3.63, 3.8) is 0 Å². The van der Waals surface area contributed by atoms with E-state index in [1.54, 1.807) is 6.07 Å². The number of nitrogens with one attached hydrogen (secondary N) is 1. The normalized spacial score (nSPS) is 15.1. The number of rotatable bonds is 6. The van der Waals surface area contributed by atoms with Crippen LogP contribution in [0.5, 0.6) is 0 Å². The molecule has 0 unspecified atom stereocenters. The maximum atomic E-state index is 13.4. The van der Waals surface area contributed by atoms with Crippen molar-refractivity contribution in [2.24, 2.45) is 5.92 Å². The molecule has 0 atom stereocenters. The van der Waals surface area contributed by atoms with Gasteiger partial charge in [-0.3, -0.25) is 10.1 Å². The van der Waals surface area contributed by atoms with Crippen molar-refractivity contribution in [3.05, 3.63) is 46.5 Å². The third kappa shape index (κ3) is 4.07. The number of aromatic nitrogens is 2. The van der Waals surface area contributed by atoms with Gasteiger partial charge in [-0.25, -0.2) is 14.4 Å². The second-order valence-electron chi connectivity index (χ2n) is 6.51. The smallest absolute Gasteiger partial charge is 0.351 e. The fourth-order valence-electron chi connectivity index (χ4n) is 3.41. The Labute approximate surface area is 151 Å². The molecule has 2 heterocycles. The highest BCUT2D eigenvalue weighted by molar-refractivity contribution is 5.74. The van der Waals surface area contributed by atoms with E-state index < -0.39 is 10.7 Å². The van der Waals surface area contributed by atoms with Crippen LogP contribution in [0.15, 0.2) is 30.6 Å². The topological polar surface area (TPSA) is 84.2 Å². The molecule has 138 valence electrons. The number of halogens is 1. The maximum absolute atomic E-state index is 13.4. The number of hydrogen-bond acceptors (Lipinski definition) is 6. The SMILES string of the molecule is CCCC1CCN(c2ncnc(Nc3cccc(F)c3)c2[N+](=O)[O-])CC1. The Morgan fingerprint density at radius 2 is 2.12 bits per heavy atom. The molecule has 7 nitrogen and oxygen atoms in total. The van der Waals surface area contributed by atoms with Crippen molar-refractivity contribution in [3.8, 4) is 0 Å². The van der Waals surface area contributed by atoms with Gasteiger partial charge < -0.3 is 10.2 Å². The Bertz CT molecular complexity index is 778. The molecule has 2 aromatic rings. The Hall–Kier alpha value is -2.77. The second kappa shape index (κ2) is 8.07. The molecule has 1 fully saturated rings. The minimum Gasteiger partial charge on any atom is -0.351 e. The molecule has 1 N–H and O–H groups in total. The largest absolute Gasteiger partial charge is 0.353 e. The van der Waals surface area contributed by atoms with Gasteiger partial charge in [0.05, 0.1) is 4.92 Å². The van der Waals surface area contributed by atoms with E-state index in [0.717, 1.165) is 32.4 Å². The summed E-state index contributed by atoms with van der Waals surface area (Å²) in [4.78, 5) is 21.3. The quantitative estimate of drug-likeness (QED) is 0.612. The van der Waals surface area contributed by atoms with Crippen molar-refractivity contribution in [1.29, 1.82) is 0 Å². The zero-order valence-corrected chi connectivity index (χ0v) is 14.7. The molecule has 1 aromatic heterocycles. The summed E-state index contributed by atoms with van der Waals surface area (Å²) in [5.74, 6) is 0.632. The van der Waals surface area contributed by atoms with Crippen LogP contribution < -0.4 is 10.2 Å². The first-order valence-electron chi connectivity index (χ1n) is 8.85. The van der Waals surface area contributed by atoms with Crippen LogP contribution in [0.1, 0.15) is 32.6 Å². The lowest BCUT2D eigenvalue weighted by molar-refractivity contribution is -0.383. The summed E-state index contributed by atoms with van der Waals surface area (Å²) in [6.07, 6.45) is 5.65. The number of anilines is 3. The van der Waals surface area contributed by atoms with Crippen molar-refractivity contribution >= 4 is 23.0 Å². The van der Waals surface area contributed by atoms with E-state index in [0.29, 0.717) is 17.4 Å². The van der Waals surface area contributed by atoms with Gasteiger partial charge in [0.1, 0.15) is 12.1 Å². The molecule has 0 radical (unpaired) electrons. The molecule has 0 aliphatic carbocycles. The maximum Gasteiger partial charge on any atom is 0.353 e. The summed E-state index contributed by atoms with van der Waals surface area (Å²) in [6, 6.07) is 5.74. The predicted molar refractivity (Wildman–Crippen MR) is 98.2 cm³/mol. The summed E-state index contributed by atoms with van der Waals surface area (Å²) in [5.41, 5.74) is 0.227. The fourth-order valence-corrected chi connectivity index (χ4v) is 3.41. The predicted octanol–water partition coefficient (Wildman–Crippen LogP) is 4.28. The van der Waals surface area contributed by atoms with E-state index in [9.17, 15) is 14.5 Å².